The fraction of sp³-hybridized carbons (Fsp3) is 0.545. The summed E-state index contributed by atoms with van der Waals surface area (Å²) in [6, 6.07) is 7.59. The third-order valence-corrected chi connectivity index (χ3v) is 6.41. The lowest BCUT2D eigenvalue weighted by Crippen LogP contribution is -2.48. The number of aromatic amines is 1. The number of aromatic nitrogens is 5. The molecule has 2 aliphatic rings. The highest BCUT2D eigenvalue weighted by molar-refractivity contribution is 5.84. The number of rotatable bonds is 4. The predicted octanol–water partition coefficient (Wildman–Crippen LogP) is 3.32. The van der Waals surface area contributed by atoms with Gasteiger partial charge in [-0.05, 0) is 55.3 Å². The molecule has 30 heavy (non-hydrogen) atoms. The van der Waals surface area contributed by atoms with Crippen LogP contribution in [0.3, 0.4) is 0 Å². The van der Waals surface area contributed by atoms with Crippen molar-refractivity contribution in [3.05, 3.63) is 46.0 Å². The number of benzene rings is 1. The highest BCUT2D eigenvalue weighted by Crippen LogP contribution is 2.38. The topological polar surface area (TPSA) is 94.9 Å². The van der Waals surface area contributed by atoms with E-state index >= 15 is 0 Å². The van der Waals surface area contributed by atoms with Gasteiger partial charge in [-0.3, -0.25) is 4.79 Å². The average molecular weight is 409 g/mol. The maximum absolute atomic E-state index is 11.7. The Labute approximate surface area is 174 Å². The molecule has 0 bridgehead atoms. The number of fused-ring (bicyclic) bond motifs is 3. The van der Waals surface area contributed by atoms with E-state index in [2.05, 4.69) is 20.5 Å². The van der Waals surface area contributed by atoms with Gasteiger partial charge >= 0.3 is 0 Å². The van der Waals surface area contributed by atoms with Crippen LogP contribution in [0.25, 0.3) is 10.9 Å². The second-order valence-electron chi connectivity index (χ2n) is 8.87. The minimum absolute atomic E-state index is 0.109. The van der Waals surface area contributed by atoms with Gasteiger partial charge in [0.05, 0.1) is 6.04 Å². The number of pyridine rings is 1. The Kier molecular flexibility index (Phi) is 4.81. The fourth-order valence-electron chi connectivity index (χ4n) is 4.72. The fourth-order valence-corrected chi connectivity index (χ4v) is 4.72. The van der Waals surface area contributed by atoms with Gasteiger partial charge in [-0.25, -0.2) is 4.68 Å². The second kappa shape index (κ2) is 7.50. The number of hydrogen-bond acceptors (Lipinski definition) is 6. The van der Waals surface area contributed by atoms with Crippen LogP contribution in [0.5, 0.6) is 5.75 Å². The zero-order valence-corrected chi connectivity index (χ0v) is 17.4. The van der Waals surface area contributed by atoms with Crippen molar-refractivity contribution in [2.75, 3.05) is 0 Å². The summed E-state index contributed by atoms with van der Waals surface area (Å²) in [4.78, 5) is 14.6. The third kappa shape index (κ3) is 3.49. The molecule has 1 atom stereocenters. The predicted molar refractivity (Wildman–Crippen MR) is 111 cm³/mol. The summed E-state index contributed by atoms with van der Waals surface area (Å²) in [5.41, 5.74) is 1.26. The monoisotopic (exact) mass is 409 g/mol. The average Bonchev–Trinajstić information content (AvgIpc) is 3.21. The molecule has 1 fully saturated rings. The Morgan fingerprint density at radius 3 is 2.87 bits per heavy atom. The minimum Gasteiger partial charge on any atom is -0.485 e. The van der Waals surface area contributed by atoms with Crippen LogP contribution in [0.1, 0.15) is 63.4 Å². The normalized spacial score (nSPS) is 21.3. The van der Waals surface area contributed by atoms with Gasteiger partial charge in [0.25, 0.3) is 0 Å². The first-order valence-corrected chi connectivity index (χ1v) is 10.7. The van der Waals surface area contributed by atoms with Gasteiger partial charge in [0.15, 0.2) is 5.82 Å². The van der Waals surface area contributed by atoms with E-state index in [1.807, 2.05) is 36.7 Å². The lowest BCUT2D eigenvalue weighted by atomic mass is 9.89. The highest BCUT2D eigenvalue weighted by Gasteiger charge is 2.39. The molecule has 0 saturated heterocycles. The summed E-state index contributed by atoms with van der Waals surface area (Å²) in [7, 11) is 0. The van der Waals surface area contributed by atoms with E-state index < -0.39 is 5.60 Å². The number of nitrogens with one attached hydrogen (secondary N) is 1. The molecule has 1 aromatic carbocycles. The third-order valence-electron chi connectivity index (χ3n) is 6.41. The largest absolute Gasteiger partial charge is 0.485 e. The molecular formula is C22H27N5O3. The number of nitrogens with zero attached hydrogens (tertiary/aromatic N) is 4. The molecule has 1 aliphatic carbocycles. The van der Waals surface area contributed by atoms with Gasteiger partial charge in [-0.2, -0.15) is 0 Å². The van der Waals surface area contributed by atoms with Crippen molar-refractivity contribution in [2.45, 2.75) is 76.7 Å². The molecule has 1 aliphatic heterocycles. The van der Waals surface area contributed by atoms with Crippen LogP contribution in [0.2, 0.25) is 0 Å². The van der Waals surface area contributed by atoms with E-state index in [-0.39, 0.29) is 11.7 Å². The van der Waals surface area contributed by atoms with Crippen LogP contribution >= 0.6 is 0 Å². The van der Waals surface area contributed by atoms with Crippen LogP contribution in [0, 0.1) is 0 Å². The van der Waals surface area contributed by atoms with Crippen LogP contribution in [-0.2, 0) is 17.8 Å². The maximum Gasteiger partial charge on any atom is 0.248 e. The van der Waals surface area contributed by atoms with E-state index in [1.165, 1.54) is 19.3 Å². The van der Waals surface area contributed by atoms with Gasteiger partial charge < -0.3 is 14.5 Å². The molecule has 2 aromatic heterocycles. The maximum atomic E-state index is 11.7. The first-order valence-electron chi connectivity index (χ1n) is 10.7. The quantitative estimate of drug-likeness (QED) is 0.710. The van der Waals surface area contributed by atoms with Gasteiger partial charge in [-0.15, -0.1) is 5.10 Å². The van der Waals surface area contributed by atoms with Gasteiger partial charge in [0, 0.05) is 29.0 Å². The van der Waals surface area contributed by atoms with Crippen molar-refractivity contribution in [3.8, 4) is 5.75 Å². The van der Waals surface area contributed by atoms with Crippen LogP contribution in [-0.4, -0.2) is 36.9 Å². The van der Waals surface area contributed by atoms with Crippen LogP contribution in [0.4, 0.5) is 0 Å². The Balaban J connectivity index is 1.38. The first kappa shape index (κ1) is 19.2. The Morgan fingerprint density at radius 1 is 1.20 bits per heavy atom. The molecule has 1 saturated carbocycles. The zero-order valence-electron chi connectivity index (χ0n) is 17.4. The summed E-state index contributed by atoms with van der Waals surface area (Å²) in [6.07, 6.45) is 6.49. The molecule has 8 nitrogen and oxygen atoms in total. The van der Waals surface area contributed by atoms with Crippen LogP contribution in [0.15, 0.2) is 29.1 Å². The first-order chi connectivity index (χ1) is 14.5. The van der Waals surface area contributed by atoms with E-state index in [1.54, 1.807) is 6.07 Å². The highest BCUT2D eigenvalue weighted by atomic mass is 16.6. The van der Waals surface area contributed by atoms with Crippen LogP contribution < -0.4 is 10.3 Å². The summed E-state index contributed by atoms with van der Waals surface area (Å²) in [6.45, 7) is 4.43. The molecule has 8 heteroatoms. The smallest absolute Gasteiger partial charge is 0.248 e. The molecule has 1 unspecified atom stereocenters. The van der Waals surface area contributed by atoms with E-state index in [0.717, 1.165) is 40.9 Å². The molecule has 0 radical (unpaired) electrons. The molecule has 3 heterocycles. The Bertz CT molecular complexity index is 1110. The number of tetrazole rings is 1. The molecule has 0 amide bonds. The lowest BCUT2D eigenvalue weighted by molar-refractivity contribution is -0.0925. The number of ether oxygens (including phenoxy) is 2. The lowest BCUT2D eigenvalue weighted by Gasteiger charge is -2.40. The molecule has 5 rings (SSSR count). The van der Waals surface area contributed by atoms with Gasteiger partial charge in [-0.1, -0.05) is 19.3 Å². The molecule has 158 valence electrons. The Morgan fingerprint density at radius 2 is 2.03 bits per heavy atom. The van der Waals surface area contributed by atoms with E-state index in [9.17, 15) is 4.79 Å². The molecule has 0 spiro atoms. The molecular weight excluding hydrogens is 382 g/mol. The van der Waals surface area contributed by atoms with E-state index in [0.29, 0.717) is 19.1 Å². The molecule has 3 aromatic rings. The van der Waals surface area contributed by atoms with Crippen molar-refractivity contribution >= 4 is 10.9 Å². The van der Waals surface area contributed by atoms with Crippen molar-refractivity contribution in [2.24, 2.45) is 0 Å². The number of hydrogen-bond donors (Lipinski definition) is 1. The summed E-state index contributed by atoms with van der Waals surface area (Å²) in [5, 5.41) is 13.3. The van der Waals surface area contributed by atoms with Gasteiger partial charge in [0.1, 0.15) is 24.1 Å². The standard InChI is InChI=1S/C22H27N5O3/c1-22(2)19(29-13-20-24-25-26-27(20)14-6-4-3-5-7-14)12-16-15-8-11-21(28)23-17(15)9-10-18(16)30-22/h8-11,14,19H,3-7,12-13H2,1-2H3,(H,23,28). The molecule has 1 N–H and O–H groups in total. The number of H-pyrrole nitrogens is 1. The SMILES string of the molecule is CC1(C)Oc2ccc3[nH]c(=O)ccc3c2CC1OCc1nnnn1C1CCCCC1. The van der Waals surface area contributed by atoms with Crippen molar-refractivity contribution in [1.82, 2.24) is 25.2 Å². The van der Waals surface area contributed by atoms with Crippen molar-refractivity contribution in [3.63, 3.8) is 0 Å². The summed E-state index contributed by atoms with van der Waals surface area (Å²) >= 11 is 0. The zero-order chi connectivity index (χ0) is 20.7. The van der Waals surface area contributed by atoms with Crippen molar-refractivity contribution in [1.29, 1.82) is 0 Å². The van der Waals surface area contributed by atoms with Crippen molar-refractivity contribution < 1.29 is 9.47 Å². The summed E-state index contributed by atoms with van der Waals surface area (Å²) in [5.74, 6) is 1.61. The van der Waals surface area contributed by atoms with E-state index in [4.69, 9.17) is 9.47 Å². The summed E-state index contributed by atoms with van der Waals surface area (Å²) < 4.78 is 14.6. The second-order valence-corrected chi connectivity index (χ2v) is 8.87. The minimum atomic E-state index is -0.494. The van der Waals surface area contributed by atoms with Gasteiger partial charge in [0.2, 0.25) is 5.56 Å². The Hall–Kier alpha value is -2.74.